The molecule has 1 aromatic rings. The fraction of sp³-hybridized carbons (Fsp3) is 0.571. The van der Waals surface area contributed by atoms with Crippen LogP contribution in [-0.2, 0) is 0 Å². The van der Waals surface area contributed by atoms with Crippen LogP contribution < -0.4 is 0 Å². The van der Waals surface area contributed by atoms with Crippen molar-refractivity contribution >= 4 is 11.8 Å². The van der Waals surface area contributed by atoms with Gasteiger partial charge in [0.25, 0.3) is 0 Å². The summed E-state index contributed by atoms with van der Waals surface area (Å²) in [5, 5.41) is 0. The van der Waals surface area contributed by atoms with Crippen LogP contribution in [0.1, 0.15) is 24.8 Å². The van der Waals surface area contributed by atoms with E-state index in [-0.39, 0.29) is 0 Å². The van der Waals surface area contributed by atoms with Crippen molar-refractivity contribution in [1.82, 2.24) is 4.90 Å². The van der Waals surface area contributed by atoms with Crippen molar-refractivity contribution in [1.29, 1.82) is 0 Å². The van der Waals surface area contributed by atoms with Crippen molar-refractivity contribution in [2.75, 3.05) is 25.4 Å². The molecule has 1 heterocycles. The molecule has 1 aliphatic rings. The number of piperidine rings is 1. The molecule has 0 saturated carbocycles. The Morgan fingerprint density at radius 1 is 1.12 bits per heavy atom. The zero-order valence-electron chi connectivity index (χ0n) is 10.1. The van der Waals surface area contributed by atoms with Gasteiger partial charge in [-0.1, -0.05) is 24.6 Å². The van der Waals surface area contributed by atoms with Gasteiger partial charge >= 0.3 is 0 Å². The van der Waals surface area contributed by atoms with Crippen LogP contribution in [0.15, 0.2) is 29.2 Å². The largest absolute Gasteiger partial charge is 0.303 e. The molecule has 0 amide bonds. The Balaban J connectivity index is 1.73. The van der Waals surface area contributed by atoms with Crippen molar-refractivity contribution in [3.63, 3.8) is 0 Å². The minimum atomic E-state index is 1.23. The van der Waals surface area contributed by atoms with E-state index in [2.05, 4.69) is 36.1 Å². The van der Waals surface area contributed by atoms with Crippen LogP contribution in [0.4, 0.5) is 0 Å². The van der Waals surface area contributed by atoms with E-state index in [9.17, 15) is 0 Å². The van der Waals surface area contributed by atoms with Crippen molar-refractivity contribution in [2.45, 2.75) is 31.1 Å². The highest BCUT2D eigenvalue weighted by Gasteiger charge is 2.09. The van der Waals surface area contributed by atoms with Gasteiger partial charge in [0.15, 0.2) is 0 Å². The van der Waals surface area contributed by atoms with Crippen LogP contribution in [0, 0.1) is 6.92 Å². The standard InChI is InChI=1S/C14H21NS/c1-13-7-3-4-8-14(13)16-12-11-15-9-5-2-6-10-15/h3-4,7-8H,2,5-6,9-12H2,1H3. The molecule has 16 heavy (non-hydrogen) atoms. The molecule has 2 rings (SSSR count). The lowest BCUT2D eigenvalue weighted by molar-refractivity contribution is 0.242. The van der Waals surface area contributed by atoms with Gasteiger partial charge in [-0.2, -0.15) is 0 Å². The highest BCUT2D eigenvalue weighted by atomic mass is 32.2. The van der Waals surface area contributed by atoms with Crippen LogP contribution in [0.5, 0.6) is 0 Å². The minimum absolute atomic E-state index is 1.23. The lowest BCUT2D eigenvalue weighted by Gasteiger charge is -2.26. The fourth-order valence-corrected chi connectivity index (χ4v) is 3.23. The zero-order valence-corrected chi connectivity index (χ0v) is 10.9. The molecule has 0 radical (unpaired) electrons. The number of hydrogen-bond donors (Lipinski definition) is 0. The number of benzene rings is 1. The molecule has 0 N–H and O–H groups in total. The summed E-state index contributed by atoms with van der Waals surface area (Å²) in [7, 11) is 0. The second-order valence-corrected chi connectivity index (χ2v) is 5.65. The normalized spacial score (nSPS) is 17.6. The second-order valence-electron chi connectivity index (χ2n) is 4.52. The first-order chi connectivity index (χ1) is 7.86. The SMILES string of the molecule is Cc1ccccc1SCCN1CCCCC1. The number of aryl methyl sites for hydroxylation is 1. The molecule has 1 saturated heterocycles. The summed E-state index contributed by atoms with van der Waals surface area (Å²) in [5.74, 6) is 1.23. The van der Waals surface area contributed by atoms with E-state index in [0.717, 1.165) is 0 Å². The molecule has 0 aliphatic carbocycles. The maximum Gasteiger partial charge on any atom is 0.0108 e. The first kappa shape index (κ1) is 12.0. The number of likely N-dealkylation sites (tertiary alicyclic amines) is 1. The molecular weight excluding hydrogens is 214 g/mol. The Kier molecular flexibility index (Phi) is 4.73. The quantitative estimate of drug-likeness (QED) is 0.734. The third-order valence-electron chi connectivity index (χ3n) is 3.21. The molecule has 0 bridgehead atoms. The predicted molar refractivity (Wildman–Crippen MR) is 72.2 cm³/mol. The number of nitrogens with zero attached hydrogens (tertiary/aromatic N) is 1. The molecule has 0 aromatic heterocycles. The Labute approximate surface area is 103 Å². The Morgan fingerprint density at radius 3 is 2.62 bits per heavy atom. The molecule has 1 aliphatic heterocycles. The Bertz CT molecular complexity index is 318. The highest BCUT2D eigenvalue weighted by Crippen LogP contribution is 2.22. The molecular formula is C14H21NS. The number of hydrogen-bond acceptors (Lipinski definition) is 2. The predicted octanol–water partition coefficient (Wildman–Crippen LogP) is 3.57. The summed E-state index contributed by atoms with van der Waals surface area (Å²) < 4.78 is 0. The Morgan fingerprint density at radius 2 is 1.88 bits per heavy atom. The zero-order chi connectivity index (χ0) is 11.2. The van der Waals surface area contributed by atoms with E-state index in [4.69, 9.17) is 0 Å². The summed E-state index contributed by atoms with van der Waals surface area (Å²) >= 11 is 2.00. The van der Waals surface area contributed by atoms with E-state index < -0.39 is 0 Å². The molecule has 0 unspecified atom stereocenters. The minimum Gasteiger partial charge on any atom is -0.303 e. The molecule has 0 spiro atoms. The van der Waals surface area contributed by atoms with Crippen LogP contribution in [0.25, 0.3) is 0 Å². The highest BCUT2D eigenvalue weighted by molar-refractivity contribution is 7.99. The summed E-state index contributed by atoms with van der Waals surface area (Å²) in [6, 6.07) is 8.68. The van der Waals surface area contributed by atoms with Crippen LogP contribution >= 0.6 is 11.8 Å². The van der Waals surface area contributed by atoms with E-state index in [0.29, 0.717) is 0 Å². The maximum absolute atomic E-state index is 2.61. The molecule has 1 aromatic carbocycles. The van der Waals surface area contributed by atoms with Gasteiger partial charge in [-0.05, 0) is 44.5 Å². The molecule has 88 valence electrons. The van der Waals surface area contributed by atoms with Crippen LogP contribution in [0.2, 0.25) is 0 Å². The maximum atomic E-state index is 2.61. The second kappa shape index (κ2) is 6.31. The fourth-order valence-electron chi connectivity index (χ4n) is 2.19. The Hall–Kier alpha value is -0.470. The average Bonchev–Trinajstić information content (AvgIpc) is 2.33. The van der Waals surface area contributed by atoms with E-state index in [1.165, 1.54) is 55.1 Å². The topological polar surface area (TPSA) is 3.24 Å². The van der Waals surface area contributed by atoms with Crippen molar-refractivity contribution in [3.8, 4) is 0 Å². The summed E-state index contributed by atoms with van der Waals surface area (Å²) in [6.45, 7) is 6.07. The van der Waals surface area contributed by atoms with Gasteiger partial charge in [0, 0.05) is 17.2 Å². The van der Waals surface area contributed by atoms with Gasteiger partial charge in [0.1, 0.15) is 0 Å². The van der Waals surface area contributed by atoms with Gasteiger partial charge in [-0.25, -0.2) is 0 Å². The van der Waals surface area contributed by atoms with Crippen molar-refractivity contribution in [2.24, 2.45) is 0 Å². The molecule has 2 heteroatoms. The average molecular weight is 235 g/mol. The molecule has 1 fully saturated rings. The van der Waals surface area contributed by atoms with Crippen LogP contribution in [0.3, 0.4) is 0 Å². The van der Waals surface area contributed by atoms with Gasteiger partial charge < -0.3 is 4.90 Å². The smallest absolute Gasteiger partial charge is 0.0108 e. The van der Waals surface area contributed by atoms with Gasteiger partial charge in [0.05, 0.1) is 0 Å². The molecule has 1 nitrogen and oxygen atoms in total. The summed E-state index contributed by atoms with van der Waals surface area (Å²) in [6.07, 6.45) is 4.23. The number of rotatable bonds is 4. The summed E-state index contributed by atoms with van der Waals surface area (Å²) in [4.78, 5) is 4.05. The third kappa shape index (κ3) is 3.53. The van der Waals surface area contributed by atoms with Crippen molar-refractivity contribution < 1.29 is 0 Å². The lowest BCUT2D eigenvalue weighted by Crippen LogP contribution is -2.31. The van der Waals surface area contributed by atoms with Gasteiger partial charge in [-0.3, -0.25) is 0 Å². The summed E-state index contributed by atoms with van der Waals surface area (Å²) in [5.41, 5.74) is 1.41. The van der Waals surface area contributed by atoms with Crippen LogP contribution in [-0.4, -0.2) is 30.3 Å². The van der Waals surface area contributed by atoms with E-state index in [1.54, 1.807) is 0 Å². The third-order valence-corrected chi connectivity index (χ3v) is 4.36. The van der Waals surface area contributed by atoms with E-state index in [1.807, 2.05) is 11.8 Å². The van der Waals surface area contributed by atoms with Crippen molar-refractivity contribution in [3.05, 3.63) is 29.8 Å². The first-order valence-corrected chi connectivity index (χ1v) is 7.25. The molecule has 0 atom stereocenters. The first-order valence-electron chi connectivity index (χ1n) is 6.27. The monoisotopic (exact) mass is 235 g/mol. The number of thioether (sulfide) groups is 1. The van der Waals surface area contributed by atoms with E-state index >= 15 is 0 Å². The van der Waals surface area contributed by atoms with Gasteiger partial charge in [0.2, 0.25) is 0 Å². The van der Waals surface area contributed by atoms with Gasteiger partial charge in [-0.15, -0.1) is 11.8 Å². The lowest BCUT2D eigenvalue weighted by atomic mass is 10.1.